The van der Waals surface area contributed by atoms with Crippen molar-refractivity contribution in [3.63, 3.8) is 0 Å². The first-order valence-corrected chi connectivity index (χ1v) is 6.95. The van der Waals surface area contributed by atoms with Crippen molar-refractivity contribution >= 4 is 9.84 Å². The minimum atomic E-state index is -2.98. The number of benzene rings is 1. The van der Waals surface area contributed by atoms with E-state index in [9.17, 15) is 12.8 Å². The third-order valence-electron chi connectivity index (χ3n) is 2.89. The van der Waals surface area contributed by atoms with Crippen molar-refractivity contribution in [2.45, 2.75) is 18.4 Å². The number of rotatable bonds is 2. The maximum atomic E-state index is 12.7. The molecule has 1 fully saturated rings. The van der Waals surface area contributed by atoms with E-state index in [1.54, 1.807) is 12.1 Å². The Hall–Kier alpha value is -0.940. The summed E-state index contributed by atoms with van der Waals surface area (Å²) >= 11 is 0. The van der Waals surface area contributed by atoms with E-state index >= 15 is 0 Å². The van der Waals surface area contributed by atoms with Crippen molar-refractivity contribution in [2.24, 2.45) is 5.73 Å². The Kier molecular flexibility index (Phi) is 2.75. The Morgan fingerprint density at radius 1 is 1.31 bits per heavy atom. The van der Waals surface area contributed by atoms with Gasteiger partial charge in [0.15, 0.2) is 9.84 Å². The highest BCUT2D eigenvalue weighted by atomic mass is 32.2. The fourth-order valence-electron chi connectivity index (χ4n) is 2.09. The van der Waals surface area contributed by atoms with E-state index < -0.39 is 15.4 Å². The molecule has 0 aromatic heterocycles. The summed E-state index contributed by atoms with van der Waals surface area (Å²) in [7, 11) is -2.98. The van der Waals surface area contributed by atoms with Gasteiger partial charge in [-0.1, -0.05) is 12.1 Å². The number of hydrogen-bond acceptors (Lipinski definition) is 3. The molecular formula is C11H14FNO2S. The molecular weight excluding hydrogens is 229 g/mol. The van der Waals surface area contributed by atoms with Crippen molar-refractivity contribution < 1.29 is 12.8 Å². The first-order chi connectivity index (χ1) is 7.39. The molecule has 1 heterocycles. The van der Waals surface area contributed by atoms with Gasteiger partial charge in [-0.15, -0.1) is 0 Å². The zero-order valence-corrected chi connectivity index (χ0v) is 9.63. The summed E-state index contributed by atoms with van der Waals surface area (Å²) in [4.78, 5) is 0. The van der Waals surface area contributed by atoms with Gasteiger partial charge in [-0.2, -0.15) is 0 Å². The summed E-state index contributed by atoms with van der Waals surface area (Å²) in [5.74, 6) is -0.115. The Balaban J connectivity index is 2.13. The number of hydrogen-bond donors (Lipinski definition) is 1. The highest BCUT2D eigenvalue weighted by molar-refractivity contribution is 7.91. The molecule has 1 aromatic rings. The van der Waals surface area contributed by atoms with E-state index in [2.05, 4.69) is 0 Å². The minimum Gasteiger partial charge on any atom is -0.324 e. The van der Waals surface area contributed by atoms with Crippen LogP contribution in [-0.4, -0.2) is 25.5 Å². The minimum absolute atomic E-state index is 0.0252. The largest absolute Gasteiger partial charge is 0.324 e. The van der Waals surface area contributed by atoms with Crippen LogP contribution in [-0.2, 0) is 16.3 Å². The molecule has 2 N–H and O–H groups in total. The second-order valence-corrected chi connectivity index (χ2v) is 6.69. The van der Waals surface area contributed by atoms with Crippen molar-refractivity contribution in [1.82, 2.24) is 0 Å². The molecule has 0 aliphatic carbocycles. The molecule has 0 amide bonds. The molecule has 1 aromatic carbocycles. The van der Waals surface area contributed by atoms with Gasteiger partial charge in [0.05, 0.1) is 11.5 Å². The van der Waals surface area contributed by atoms with Crippen LogP contribution in [0.3, 0.4) is 0 Å². The first kappa shape index (κ1) is 11.5. The first-order valence-electron chi connectivity index (χ1n) is 5.12. The van der Waals surface area contributed by atoms with E-state index in [0.717, 1.165) is 5.56 Å². The molecule has 1 saturated heterocycles. The average molecular weight is 243 g/mol. The van der Waals surface area contributed by atoms with Gasteiger partial charge in [0.1, 0.15) is 5.82 Å². The highest BCUT2D eigenvalue weighted by Gasteiger charge is 2.38. The highest BCUT2D eigenvalue weighted by Crippen LogP contribution is 2.25. The monoisotopic (exact) mass is 243 g/mol. The zero-order valence-electron chi connectivity index (χ0n) is 8.82. The SMILES string of the molecule is NC1(Cc2ccc(F)cc2)CCS(=O)(=O)C1. The third kappa shape index (κ3) is 2.59. The summed E-state index contributed by atoms with van der Waals surface area (Å²) < 4.78 is 35.4. The predicted octanol–water partition coefficient (Wildman–Crippen LogP) is 0.884. The fraction of sp³-hybridized carbons (Fsp3) is 0.455. The smallest absolute Gasteiger partial charge is 0.152 e. The summed E-state index contributed by atoms with van der Waals surface area (Å²) in [6, 6.07) is 6.02. The van der Waals surface area contributed by atoms with Gasteiger partial charge >= 0.3 is 0 Å². The normalized spacial score (nSPS) is 28.1. The molecule has 1 atom stereocenters. The van der Waals surface area contributed by atoms with Crippen LogP contribution in [0, 0.1) is 5.82 Å². The van der Waals surface area contributed by atoms with Crippen LogP contribution in [0.4, 0.5) is 4.39 Å². The predicted molar refractivity (Wildman–Crippen MR) is 60.3 cm³/mol. The van der Waals surface area contributed by atoms with E-state index in [4.69, 9.17) is 5.73 Å². The van der Waals surface area contributed by atoms with Crippen LogP contribution in [0.25, 0.3) is 0 Å². The molecule has 16 heavy (non-hydrogen) atoms. The zero-order chi connectivity index (χ0) is 11.8. The maximum Gasteiger partial charge on any atom is 0.152 e. The average Bonchev–Trinajstić information content (AvgIpc) is 2.45. The number of sulfone groups is 1. The van der Waals surface area contributed by atoms with Gasteiger partial charge in [0, 0.05) is 5.54 Å². The van der Waals surface area contributed by atoms with E-state index in [1.165, 1.54) is 12.1 Å². The number of nitrogens with two attached hydrogens (primary N) is 1. The quantitative estimate of drug-likeness (QED) is 0.839. The second-order valence-electron chi connectivity index (χ2n) is 4.51. The summed E-state index contributed by atoms with van der Waals surface area (Å²) in [5, 5.41) is 0. The molecule has 0 radical (unpaired) electrons. The lowest BCUT2D eigenvalue weighted by Crippen LogP contribution is -2.43. The van der Waals surface area contributed by atoms with Crippen molar-refractivity contribution in [3.05, 3.63) is 35.6 Å². The molecule has 88 valence electrons. The number of halogens is 1. The van der Waals surface area contributed by atoms with Crippen LogP contribution in [0.1, 0.15) is 12.0 Å². The van der Waals surface area contributed by atoms with Gasteiger partial charge in [0.2, 0.25) is 0 Å². The van der Waals surface area contributed by atoms with Crippen LogP contribution >= 0.6 is 0 Å². The molecule has 1 aliphatic rings. The van der Waals surface area contributed by atoms with Crippen LogP contribution < -0.4 is 5.73 Å². The van der Waals surface area contributed by atoms with Crippen molar-refractivity contribution in [3.8, 4) is 0 Å². The third-order valence-corrected chi connectivity index (χ3v) is 4.73. The molecule has 1 unspecified atom stereocenters. The van der Waals surface area contributed by atoms with Gasteiger partial charge in [-0.25, -0.2) is 12.8 Å². The second kappa shape index (κ2) is 3.82. The summed E-state index contributed by atoms with van der Waals surface area (Å²) in [5.41, 5.74) is 6.22. The van der Waals surface area contributed by atoms with Gasteiger partial charge in [0.25, 0.3) is 0 Å². The van der Waals surface area contributed by atoms with E-state index in [1.807, 2.05) is 0 Å². The summed E-state index contributed by atoms with van der Waals surface area (Å²) in [6.07, 6.45) is 0.958. The molecule has 0 bridgehead atoms. The van der Waals surface area contributed by atoms with Crippen molar-refractivity contribution in [1.29, 1.82) is 0 Å². The van der Waals surface area contributed by atoms with Gasteiger partial charge in [-0.3, -0.25) is 0 Å². The van der Waals surface area contributed by atoms with Crippen LogP contribution in [0.2, 0.25) is 0 Å². The molecule has 0 saturated carbocycles. The summed E-state index contributed by atoms with van der Waals surface area (Å²) in [6.45, 7) is 0. The molecule has 2 rings (SSSR count). The molecule has 3 nitrogen and oxygen atoms in total. The lowest BCUT2D eigenvalue weighted by molar-refractivity contribution is 0.476. The Morgan fingerprint density at radius 3 is 2.44 bits per heavy atom. The Morgan fingerprint density at radius 2 is 1.94 bits per heavy atom. The maximum absolute atomic E-state index is 12.7. The Bertz CT molecular complexity index is 483. The lowest BCUT2D eigenvalue weighted by atomic mass is 9.91. The van der Waals surface area contributed by atoms with Crippen LogP contribution in [0.15, 0.2) is 24.3 Å². The molecule has 0 spiro atoms. The van der Waals surface area contributed by atoms with Gasteiger partial charge < -0.3 is 5.73 Å². The Labute approximate surface area is 94.4 Å². The van der Waals surface area contributed by atoms with E-state index in [0.29, 0.717) is 12.8 Å². The topological polar surface area (TPSA) is 60.2 Å². The van der Waals surface area contributed by atoms with E-state index in [-0.39, 0.29) is 17.3 Å². The fourth-order valence-corrected chi connectivity index (χ4v) is 4.07. The van der Waals surface area contributed by atoms with Crippen LogP contribution in [0.5, 0.6) is 0 Å². The lowest BCUT2D eigenvalue weighted by Gasteiger charge is -2.21. The van der Waals surface area contributed by atoms with Crippen molar-refractivity contribution in [2.75, 3.05) is 11.5 Å². The van der Waals surface area contributed by atoms with Gasteiger partial charge in [-0.05, 0) is 30.5 Å². The molecule has 5 heteroatoms. The molecule has 1 aliphatic heterocycles. The standard InChI is InChI=1S/C11H14FNO2S/c12-10-3-1-9(2-4-10)7-11(13)5-6-16(14,15)8-11/h1-4H,5-8,13H2.